The Morgan fingerprint density at radius 2 is 2.10 bits per heavy atom. The first-order valence-electron chi connectivity index (χ1n) is 5.81. The van der Waals surface area contributed by atoms with Crippen LogP contribution in [0.1, 0.15) is 5.56 Å². The lowest BCUT2D eigenvalue weighted by atomic mass is 10.2. The van der Waals surface area contributed by atoms with Gasteiger partial charge in [-0.1, -0.05) is 11.8 Å². The number of nitrogens with two attached hydrogens (primary N) is 1. The van der Waals surface area contributed by atoms with Crippen molar-refractivity contribution in [3.05, 3.63) is 42.0 Å². The molecule has 0 atom stereocenters. The van der Waals surface area contributed by atoms with Crippen LogP contribution in [0.2, 0.25) is 0 Å². The van der Waals surface area contributed by atoms with Crippen molar-refractivity contribution in [3.8, 4) is 0 Å². The summed E-state index contributed by atoms with van der Waals surface area (Å²) in [6.45, 7) is 1.88. The highest BCUT2D eigenvalue weighted by Crippen LogP contribution is 2.20. The maximum absolute atomic E-state index is 13.1. The van der Waals surface area contributed by atoms with Crippen LogP contribution in [0.5, 0.6) is 0 Å². The third kappa shape index (κ3) is 3.92. The molecule has 104 valence electrons. The van der Waals surface area contributed by atoms with Crippen LogP contribution in [0.15, 0.2) is 35.7 Å². The summed E-state index contributed by atoms with van der Waals surface area (Å²) in [7, 11) is 0. The van der Waals surface area contributed by atoms with Crippen LogP contribution in [0.4, 0.5) is 15.8 Å². The molecule has 0 spiro atoms. The minimum absolute atomic E-state index is 0.124. The summed E-state index contributed by atoms with van der Waals surface area (Å²) >= 11 is 1.20. The second kappa shape index (κ2) is 6.33. The van der Waals surface area contributed by atoms with Crippen LogP contribution in [-0.2, 0) is 4.79 Å². The van der Waals surface area contributed by atoms with Crippen LogP contribution in [0.25, 0.3) is 0 Å². The molecule has 1 amide bonds. The molecule has 0 bridgehead atoms. The molecule has 0 aliphatic heterocycles. The molecule has 20 heavy (non-hydrogen) atoms. The number of carbonyl (C=O) groups excluding carboxylic acids is 1. The van der Waals surface area contributed by atoms with Crippen molar-refractivity contribution < 1.29 is 9.18 Å². The van der Waals surface area contributed by atoms with E-state index in [-0.39, 0.29) is 17.3 Å². The number of anilines is 2. The molecule has 0 saturated heterocycles. The van der Waals surface area contributed by atoms with Gasteiger partial charge in [-0.3, -0.25) is 4.79 Å². The monoisotopic (exact) mass is 292 g/mol. The Balaban J connectivity index is 1.92. The van der Waals surface area contributed by atoms with Gasteiger partial charge in [-0.05, 0) is 30.7 Å². The van der Waals surface area contributed by atoms with E-state index in [0.717, 1.165) is 5.56 Å². The van der Waals surface area contributed by atoms with E-state index in [4.69, 9.17) is 5.73 Å². The lowest BCUT2D eigenvalue weighted by Crippen LogP contribution is -2.15. The number of nitrogen functional groups attached to an aromatic ring is 1. The molecule has 0 unspecified atom stereocenters. The minimum atomic E-state index is -0.455. The van der Waals surface area contributed by atoms with E-state index in [2.05, 4.69) is 15.3 Å². The molecular weight excluding hydrogens is 279 g/mol. The number of thioether (sulfide) groups is 1. The summed E-state index contributed by atoms with van der Waals surface area (Å²) in [5.41, 5.74) is 7.18. The van der Waals surface area contributed by atoms with E-state index >= 15 is 0 Å². The van der Waals surface area contributed by atoms with E-state index in [9.17, 15) is 9.18 Å². The van der Waals surface area contributed by atoms with Gasteiger partial charge in [0.2, 0.25) is 5.91 Å². The summed E-state index contributed by atoms with van der Waals surface area (Å²) < 4.78 is 13.1. The van der Waals surface area contributed by atoms with E-state index in [1.807, 2.05) is 6.92 Å². The van der Waals surface area contributed by atoms with Gasteiger partial charge < -0.3 is 11.1 Å². The van der Waals surface area contributed by atoms with Crippen molar-refractivity contribution in [2.75, 3.05) is 16.8 Å². The first-order valence-corrected chi connectivity index (χ1v) is 6.79. The fourth-order valence-corrected chi connectivity index (χ4v) is 2.00. The number of aryl methyl sites for hydroxylation is 1. The second-order valence-corrected chi connectivity index (χ2v) is 5.05. The Labute approximate surface area is 119 Å². The van der Waals surface area contributed by atoms with Gasteiger partial charge in [-0.15, -0.1) is 0 Å². The van der Waals surface area contributed by atoms with Gasteiger partial charge in [0.15, 0.2) is 5.16 Å². The Morgan fingerprint density at radius 3 is 2.80 bits per heavy atom. The number of hydrogen-bond acceptors (Lipinski definition) is 5. The molecule has 0 saturated carbocycles. The lowest BCUT2D eigenvalue weighted by Gasteiger charge is -2.07. The lowest BCUT2D eigenvalue weighted by molar-refractivity contribution is -0.113. The molecule has 1 aromatic carbocycles. The Morgan fingerprint density at radius 1 is 1.40 bits per heavy atom. The zero-order chi connectivity index (χ0) is 14.5. The molecular formula is C13H13FN4OS. The van der Waals surface area contributed by atoms with E-state index < -0.39 is 5.82 Å². The van der Waals surface area contributed by atoms with Crippen LogP contribution < -0.4 is 11.1 Å². The number of amides is 1. The zero-order valence-corrected chi connectivity index (χ0v) is 11.6. The average molecular weight is 292 g/mol. The number of aromatic nitrogens is 2. The second-order valence-electron chi connectivity index (χ2n) is 4.11. The Kier molecular flexibility index (Phi) is 4.52. The van der Waals surface area contributed by atoms with Crippen molar-refractivity contribution in [3.63, 3.8) is 0 Å². The van der Waals surface area contributed by atoms with Crippen LogP contribution in [0.3, 0.4) is 0 Å². The highest BCUT2D eigenvalue weighted by atomic mass is 32.2. The third-order valence-electron chi connectivity index (χ3n) is 2.38. The summed E-state index contributed by atoms with van der Waals surface area (Å²) in [6, 6.07) is 3.82. The molecule has 1 aromatic heterocycles. The van der Waals surface area contributed by atoms with Crippen molar-refractivity contribution in [2.45, 2.75) is 12.1 Å². The topological polar surface area (TPSA) is 80.9 Å². The van der Waals surface area contributed by atoms with Crippen LogP contribution in [-0.4, -0.2) is 21.6 Å². The first kappa shape index (κ1) is 14.3. The predicted molar refractivity (Wildman–Crippen MR) is 76.9 cm³/mol. The summed E-state index contributed by atoms with van der Waals surface area (Å²) in [6.07, 6.45) is 3.36. The highest BCUT2D eigenvalue weighted by Gasteiger charge is 2.08. The fraction of sp³-hybridized carbons (Fsp3) is 0.154. The minimum Gasteiger partial charge on any atom is -0.397 e. The van der Waals surface area contributed by atoms with E-state index in [1.54, 1.807) is 12.4 Å². The molecule has 5 nitrogen and oxygen atoms in total. The number of nitrogens with zero attached hydrogens (tertiary/aromatic N) is 2. The number of halogens is 1. The molecule has 0 aliphatic rings. The van der Waals surface area contributed by atoms with Gasteiger partial charge >= 0.3 is 0 Å². The van der Waals surface area contributed by atoms with Crippen molar-refractivity contribution in [1.29, 1.82) is 0 Å². The van der Waals surface area contributed by atoms with Crippen molar-refractivity contribution in [2.24, 2.45) is 0 Å². The van der Waals surface area contributed by atoms with Gasteiger partial charge in [0.1, 0.15) is 5.82 Å². The molecule has 0 radical (unpaired) electrons. The van der Waals surface area contributed by atoms with Crippen LogP contribution in [0, 0.1) is 12.7 Å². The quantitative estimate of drug-likeness (QED) is 0.513. The standard InChI is InChI=1S/C13H13FN4OS/c1-8-5-16-13(17-6-8)20-7-12(19)18-11-4-9(14)2-3-10(11)15/h2-6H,7,15H2,1H3,(H,18,19). The largest absolute Gasteiger partial charge is 0.397 e. The molecule has 3 N–H and O–H groups in total. The average Bonchev–Trinajstić information content (AvgIpc) is 2.42. The fourth-order valence-electron chi connectivity index (χ4n) is 1.41. The highest BCUT2D eigenvalue weighted by molar-refractivity contribution is 7.99. The molecule has 0 aliphatic carbocycles. The number of nitrogens with one attached hydrogen (secondary N) is 1. The number of hydrogen-bond donors (Lipinski definition) is 2. The van der Waals surface area contributed by atoms with Gasteiger partial charge in [0.05, 0.1) is 17.1 Å². The van der Waals surface area contributed by atoms with Gasteiger partial charge in [-0.25, -0.2) is 14.4 Å². The van der Waals surface area contributed by atoms with Crippen LogP contribution >= 0.6 is 11.8 Å². The summed E-state index contributed by atoms with van der Waals surface area (Å²) in [5.74, 6) is -0.626. The number of benzene rings is 1. The Bertz CT molecular complexity index is 618. The molecule has 7 heteroatoms. The van der Waals surface area contributed by atoms with Crippen molar-refractivity contribution >= 4 is 29.0 Å². The van der Waals surface area contributed by atoms with E-state index in [0.29, 0.717) is 10.8 Å². The predicted octanol–water partition coefficient (Wildman–Crippen LogP) is 2.24. The zero-order valence-electron chi connectivity index (χ0n) is 10.8. The molecule has 2 rings (SSSR count). The van der Waals surface area contributed by atoms with Gasteiger partial charge in [-0.2, -0.15) is 0 Å². The normalized spacial score (nSPS) is 10.3. The molecule has 1 heterocycles. The summed E-state index contributed by atoms with van der Waals surface area (Å²) in [5, 5.41) is 3.06. The van der Waals surface area contributed by atoms with Gasteiger partial charge in [0, 0.05) is 12.4 Å². The maximum Gasteiger partial charge on any atom is 0.234 e. The summed E-state index contributed by atoms with van der Waals surface area (Å²) in [4.78, 5) is 19.9. The molecule has 2 aromatic rings. The van der Waals surface area contributed by atoms with Crippen molar-refractivity contribution in [1.82, 2.24) is 9.97 Å². The third-order valence-corrected chi connectivity index (χ3v) is 3.25. The SMILES string of the molecule is Cc1cnc(SCC(=O)Nc2cc(F)ccc2N)nc1. The maximum atomic E-state index is 13.1. The van der Waals surface area contributed by atoms with Gasteiger partial charge in [0.25, 0.3) is 0 Å². The Hall–Kier alpha value is -2.15. The van der Waals surface area contributed by atoms with E-state index in [1.165, 1.54) is 30.0 Å². The first-order chi connectivity index (χ1) is 9.54. The number of rotatable bonds is 4. The molecule has 0 fully saturated rings. The smallest absolute Gasteiger partial charge is 0.234 e. The number of carbonyl (C=O) groups is 1.